The molecule has 1 aliphatic carbocycles. The van der Waals surface area contributed by atoms with Crippen LogP contribution in [0.5, 0.6) is 0 Å². The molecule has 0 unspecified atom stereocenters. The SMILES string of the molecule is CC1=CC[CH]C(C)=C1C(F)(F)F. The fraction of sp³-hybridized carbons (Fsp3) is 0.444. The van der Waals surface area contributed by atoms with Crippen LogP contribution in [0.3, 0.4) is 0 Å². The third kappa shape index (κ3) is 1.71. The minimum atomic E-state index is -4.21. The molecule has 0 saturated carbocycles. The van der Waals surface area contributed by atoms with Crippen LogP contribution >= 0.6 is 0 Å². The van der Waals surface area contributed by atoms with E-state index in [0.29, 0.717) is 17.6 Å². The first-order chi connectivity index (χ1) is 5.43. The molecule has 0 saturated heterocycles. The fourth-order valence-corrected chi connectivity index (χ4v) is 1.37. The zero-order valence-corrected chi connectivity index (χ0v) is 7.00. The molecule has 0 N–H and O–H groups in total. The van der Waals surface area contributed by atoms with Gasteiger partial charge < -0.3 is 0 Å². The maximum atomic E-state index is 12.3. The minimum Gasteiger partial charge on any atom is -0.166 e. The van der Waals surface area contributed by atoms with Gasteiger partial charge in [-0.05, 0) is 32.3 Å². The highest BCUT2D eigenvalue weighted by Crippen LogP contribution is 2.37. The molecule has 1 radical (unpaired) electrons. The van der Waals surface area contributed by atoms with E-state index in [0.717, 1.165) is 0 Å². The van der Waals surface area contributed by atoms with Gasteiger partial charge in [0.15, 0.2) is 0 Å². The van der Waals surface area contributed by atoms with Crippen LogP contribution in [-0.4, -0.2) is 6.18 Å². The van der Waals surface area contributed by atoms with Crippen molar-refractivity contribution in [3.63, 3.8) is 0 Å². The summed E-state index contributed by atoms with van der Waals surface area (Å²) in [4.78, 5) is 0. The second-order valence-electron chi connectivity index (χ2n) is 2.88. The van der Waals surface area contributed by atoms with Crippen LogP contribution in [0.2, 0.25) is 0 Å². The first-order valence-electron chi connectivity index (χ1n) is 3.71. The van der Waals surface area contributed by atoms with Gasteiger partial charge in [0.1, 0.15) is 0 Å². The first kappa shape index (κ1) is 9.36. The Morgan fingerprint density at radius 3 is 2.17 bits per heavy atom. The Balaban J connectivity index is 3.07. The molecule has 3 heteroatoms. The van der Waals surface area contributed by atoms with Crippen LogP contribution in [-0.2, 0) is 0 Å². The van der Waals surface area contributed by atoms with Crippen molar-refractivity contribution >= 4 is 0 Å². The molecule has 0 aromatic heterocycles. The van der Waals surface area contributed by atoms with Crippen LogP contribution in [0.1, 0.15) is 20.3 Å². The highest BCUT2D eigenvalue weighted by molar-refractivity contribution is 5.43. The van der Waals surface area contributed by atoms with Gasteiger partial charge in [0.2, 0.25) is 0 Å². The maximum Gasteiger partial charge on any atom is 0.416 e. The van der Waals surface area contributed by atoms with Crippen molar-refractivity contribution in [3.05, 3.63) is 29.2 Å². The second kappa shape index (κ2) is 2.96. The Bertz CT molecular complexity index is 243. The smallest absolute Gasteiger partial charge is 0.166 e. The van der Waals surface area contributed by atoms with E-state index in [9.17, 15) is 13.2 Å². The lowest BCUT2D eigenvalue weighted by atomic mass is 9.92. The van der Waals surface area contributed by atoms with E-state index < -0.39 is 11.7 Å². The summed E-state index contributed by atoms with van der Waals surface area (Å²) >= 11 is 0. The third-order valence-corrected chi connectivity index (χ3v) is 1.92. The number of allylic oxidation sites excluding steroid dienone is 4. The number of hydrogen-bond acceptors (Lipinski definition) is 0. The van der Waals surface area contributed by atoms with Crippen molar-refractivity contribution in [2.75, 3.05) is 0 Å². The van der Waals surface area contributed by atoms with Crippen LogP contribution < -0.4 is 0 Å². The quantitative estimate of drug-likeness (QED) is 0.529. The molecule has 0 aromatic carbocycles. The molecular formula is C9H10F3. The van der Waals surface area contributed by atoms with E-state index in [4.69, 9.17) is 0 Å². The summed E-state index contributed by atoms with van der Waals surface area (Å²) < 4.78 is 37.0. The van der Waals surface area contributed by atoms with E-state index in [2.05, 4.69) is 0 Å². The Morgan fingerprint density at radius 2 is 1.83 bits per heavy atom. The molecular weight excluding hydrogens is 165 g/mol. The van der Waals surface area contributed by atoms with E-state index in [-0.39, 0.29) is 0 Å². The molecule has 0 aromatic rings. The van der Waals surface area contributed by atoms with E-state index >= 15 is 0 Å². The predicted octanol–water partition coefficient (Wildman–Crippen LogP) is 3.42. The monoisotopic (exact) mass is 175 g/mol. The zero-order valence-electron chi connectivity index (χ0n) is 7.00. The van der Waals surface area contributed by atoms with Gasteiger partial charge in [-0.15, -0.1) is 0 Å². The average Bonchev–Trinajstić information content (AvgIpc) is 1.82. The van der Waals surface area contributed by atoms with Crippen molar-refractivity contribution < 1.29 is 13.2 Å². The van der Waals surface area contributed by atoms with Gasteiger partial charge >= 0.3 is 6.18 Å². The van der Waals surface area contributed by atoms with Crippen LogP contribution in [0.4, 0.5) is 13.2 Å². The lowest BCUT2D eigenvalue weighted by Gasteiger charge is -2.19. The molecule has 0 amide bonds. The summed E-state index contributed by atoms with van der Waals surface area (Å²) in [5.74, 6) is 0. The average molecular weight is 175 g/mol. The van der Waals surface area contributed by atoms with Crippen molar-refractivity contribution in [1.82, 2.24) is 0 Å². The maximum absolute atomic E-state index is 12.3. The summed E-state index contributed by atoms with van der Waals surface area (Å²) in [6.45, 7) is 3.00. The van der Waals surface area contributed by atoms with Gasteiger partial charge in [-0.25, -0.2) is 0 Å². The van der Waals surface area contributed by atoms with Crippen molar-refractivity contribution in [2.24, 2.45) is 0 Å². The number of halogens is 3. The molecule has 0 heterocycles. The summed E-state index contributed by atoms with van der Waals surface area (Å²) in [7, 11) is 0. The summed E-state index contributed by atoms with van der Waals surface area (Å²) in [5, 5.41) is 0. The molecule has 12 heavy (non-hydrogen) atoms. The minimum absolute atomic E-state index is 0.336. The molecule has 0 spiro atoms. The molecule has 0 nitrogen and oxygen atoms in total. The van der Waals surface area contributed by atoms with E-state index in [1.54, 1.807) is 12.5 Å². The highest BCUT2D eigenvalue weighted by atomic mass is 19.4. The third-order valence-electron chi connectivity index (χ3n) is 1.92. The second-order valence-corrected chi connectivity index (χ2v) is 2.88. The molecule has 0 aliphatic heterocycles. The van der Waals surface area contributed by atoms with Crippen molar-refractivity contribution in [2.45, 2.75) is 26.4 Å². The van der Waals surface area contributed by atoms with Gasteiger partial charge in [0.05, 0.1) is 5.57 Å². The normalized spacial score (nSPS) is 19.6. The van der Waals surface area contributed by atoms with Gasteiger partial charge in [-0.2, -0.15) is 13.2 Å². The van der Waals surface area contributed by atoms with Crippen LogP contribution in [0, 0.1) is 6.42 Å². The largest absolute Gasteiger partial charge is 0.416 e. The van der Waals surface area contributed by atoms with Gasteiger partial charge in [-0.3, -0.25) is 0 Å². The Hall–Kier alpha value is -0.730. The molecule has 1 rings (SSSR count). The zero-order chi connectivity index (χ0) is 9.35. The molecule has 67 valence electrons. The first-order valence-corrected chi connectivity index (χ1v) is 3.71. The van der Waals surface area contributed by atoms with E-state index in [1.165, 1.54) is 13.8 Å². The molecule has 0 atom stereocenters. The van der Waals surface area contributed by atoms with Gasteiger partial charge in [-0.1, -0.05) is 11.6 Å². The number of rotatable bonds is 0. The van der Waals surface area contributed by atoms with Crippen LogP contribution in [0.15, 0.2) is 22.8 Å². The lowest BCUT2D eigenvalue weighted by Crippen LogP contribution is -2.16. The van der Waals surface area contributed by atoms with E-state index in [1.807, 2.05) is 0 Å². The topological polar surface area (TPSA) is 0 Å². The summed E-state index contributed by atoms with van der Waals surface area (Å²) in [6.07, 6.45) is -0.412. The van der Waals surface area contributed by atoms with Gasteiger partial charge in [0.25, 0.3) is 0 Å². The Labute approximate surface area is 69.8 Å². The Morgan fingerprint density at radius 1 is 1.25 bits per heavy atom. The van der Waals surface area contributed by atoms with Crippen LogP contribution in [0.25, 0.3) is 0 Å². The molecule has 1 aliphatic rings. The fourth-order valence-electron chi connectivity index (χ4n) is 1.37. The molecule has 0 bridgehead atoms. The lowest BCUT2D eigenvalue weighted by molar-refractivity contribution is -0.0901. The van der Waals surface area contributed by atoms with Crippen molar-refractivity contribution in [3.8, 4) is 0 Å². The molecule has 0 fully saturated rings. The summed E-state index contributed by atoms with van der Waals surface area (Å²) in [5.41, 5.74) is 0.193. The standard InChI is InChI=1S/C9H10F3/c1-6-4-3-5-7(2)8(6)9(10,11)12/h4-5H,3H2,1-2H3. The number of alkyl halides is 3. The van der Waals surface area contributed by atoms with Crippen molar-refractivity contribution in [1.29, 1.82) is 0 Å². The highest BCUT2D eigenvalue weighted by Gasteiger charge is 2.36. The van der Waals surface area contributed by atoms with Gasteiger partial charge in [0, 0.05) is 0 Å². The summed E-state index contributed by atoms with van der Waals surface area (Å²) in [6, 6.07) is 0. The Kier molecular flexibility index (Phi) is 2.31. The number of hydrogen-bond donors (Lipinski definition) is 0. The predicted molar refractivity (Wildman–Crippen MR) is 41.4 cm³/mol.